The first-order valence-corrected chi connectivity index (χ1v) is 5.43. The van der Waals surface area contributed by atoms with Gasteiger partial charge in [0, 0.05) is 6.54 Å². The van der Waals surface area contributed by atoms with E-state index >= 15 is 0 Å². The van der Waals surface area contributed by atoms with Crippen LogP contribution in [0.4, 0.5) is 0 Å². The maximum Gasteiger partial charge on any atom is 0.151 e. The van der Waals surface area contributed by atoms with Crippen LogP contribution in [0.5, 0.6) is 0 Å². The highest BCUT2D eigenvalue weighted by Crippen LogP contribution is 2.11. The van der Waals surface area contributed by atoms with Crippen LogP contribution in [0.1, 0.15) is 25.0 Å². The van der Waals surface area contributed by atoms with Crippen molar-refractivity contribution >= 4 is 11.6 Å². The molecule has 0 amide bonds. The summed E-state index contributed by atoms with van der Waals surface area (Å²) in [6, 6.07) is 3.75. The Morgan fingerprint density at radius 2 is 1.93 bits per heavy atom. The molecule has 1 aliphatic heterocycles. The molecule has 4 heteroatoms. The molecule has 2 heterocycles. The molecule has 1 fully saturated rings. The van der Waals surface area contributed by atoms with Gasteiger partial charge < -0.3 is 0 Å². The minimum atomic E-state index is 0.465. The second-order valence-corrected chi connectivity index (χ2v) is 4.07. The fraction of sp³-hybridized carbons (Fsp3) is 0.600. The molecule has 0 radical (unpaired) electrons. The first-order chi connectivity index (χ1) is 6.84. The Hall–Kier alpha value is -0.670. The third-order valence-electron chi connectivity index (χ3n) is 2.52. The fourth-order valence-corrected chi connectivity index (χ4v) is 1.88. The maximum absolute atomic E-state index is 5.67. The Kier molecular flexibility index (Phi) is 3.32. The highest BCUT2D eigenvalue weighted by molar-refractivity contribution is 6.29. The molecule has 1 aromatic rings. The molecule has 1 aliphatic rings. The molecule has 1 saturated heterocycles. The lowest BCUT2D eigenvalue weighted by atomic mass is 10.1. The number of piperidine rings is 1. The molecular formula is C10H14ClN3. The van der Waals surface area contributed by atoms with Crippen LogP contribution in [0.25, 0.3) is 0 Å². The Morgan fingerprint density at radius 1 is 1.14 bits per heavy atom. The van der Waals surface area contributed by atoms with Crippen molar-refractivity contribution < 1.29 is 0 Å². The summed E-state index contributed by atoms with van der Waals surface area (Å²) in [7, 11) is 0. The third-order valence-corrected chi connectivity index (χ3v) is 2.72. The van der Waals surface area contributed by atoms with E-state index < -0.39 is 0 Å². The molecule has 0 spiro atoms. The molecule has 2 rings (SSSR count). The van der Waals surface area contributed by atoms with Crippen molar-refractivity contribution in [3.63, 3.8) is 0 Å². The number of likely N-dealkylation sites (tertiary alicyclic amines) is 1. The SMILES string of the molecule is Clc1ccc(CN2CCCCC2)nn1. The van der Waals surface area contributed by atoms with Crippen molar-refractivity contribution in [1.82, 2.24) is 15.1 Å². The second-order valence-electron chi connectivity index (χ2n) is 3.68. The lowest BCUT2D eigenvalue weighted by molar-refractivity contribution is 0.218. The summed E-state index contributed by atoms with van der Waals surface area (Å²) >= 11 is 5.67. The monoisotopic (exact) mass is 211 g/mol. The third kappa shape index (κ3) is 2.66. The van der Waals surface area contributed by atoms with E-state index in [1.807, 2.05) is 6.07 Å². The zero-order chi connectivity index (χ0) is 9.80. The van der Waals surface area contributed by atoms with Crippen molar-refractivity contribution in [2.24, 2.45) is 0 Å². The van der Waals surface area contributed by atoms with E-state index in [-0.39, 0.29) is 0 Å². The zero-order valence-corrected chi connectivity index (χ0v) is 8.87. The molecule has 0 aliphatic carbocycles. The largest absolute Gasteiger partial charge is 0.297 e. The highest BCUT2D eigenvalue weighted by Gasteiger charge is 2.10. The van der Waals surface area contributed by atoms with Gasteiger partial charge in [-0.1, -0.05) is 18.0 Å². The molecular weight excluding hydrogens is 198 g/mol. The molecule has 76 valence electrons. The van der Waals surface area contributed by atoms with Gasteiger partial charge in [0.1, 0.15) is 0 Å². The van der Waals surface area contributed by atoms with Crippen LogP contribution in [0.3, 0.4) is 0 Å². The standard InChI is InChI=1S/C10H14ClN3/c11-10-5-4-9(12-13-10)8-14-6-2-1-3-7-14/h4-5H,1-3,6-8H2. The fourth-order valence-electron chi connectivity index (χ4n) is 1.77. The van der Waals surface area contributed by atoms with E-state index in [0.29, 0.717) is 5.15 Å². The Balaban J connectivity index is 1.92. The lowest BCUT2D eigenvalue weighted by Crippen LogP contribution is -2.29. The summed E-state index contributed by atoms with van der Waals surface area (Å²) < 4.78 is 0. The highest BCUT2D eigenvalue weighted by atomic mass is 35.5. The van der Waals surface area contributed by atoms with Crippen LogP contribution in [0, 0.1) is 0 Å². The summed E-state index contributed by atoms with van der Waals surface area (Å²) in [6.45, 7) is 3.28. The first-order valence-electron chi connectivity index (χ1n) is 5.05. The zero-order valence-electron chi connectivity index (χ0n) is 8.12. The van der Waals surface area contributed by atoms with Crippen molar-refractivity contribution in [2.75, 3.05) is 13.1 Å². The quantitative estimate of drug-likeness (QED) is 0.751. The summed E-state index contributed by atoms with van der Waals surface area (Å²) in [5, 5.41) is 8.35. The van der Waals surface area contributed by atoms with Gasteiger partial charge in [0.2, 0.25) is 0 Å². The Labute approximate surface area is 89.1 Å². The number of nitrogens with zero attached hydrogens (tertiary/aromatic N) is 3. The summed E-state index contributed by atoms with van der Waals surface area (Å²) in [5.41, 5.74) is 1.01. The predicted molar refractivity (Wildman–Crippen MR) is 56.2 cm³/mol. The minimum absolute atomic E-state index is 0.465. The number of hydrogen-bond acceptors (Lipinski definition) is 3. The van der Waals surface area contributed by atoms with Gasteiger partial charge in [0.25, 0.3) is 0 Å². The smallest absolute Gasteiger partial charge is 0.151 e. The topological polar surface area (TPSA) is 29.0 Å². The summed E-state index contributed by atoms with van der Waals surface area (Å²) in [6.07, 6.45) is 3.98. The molecule has 0 unspecified atom stereocenters. The van der Waals surface area contributed by atoms with E-state index in [2.05, 4.69) is 15.1 Å². The van der Waals surface area contributed by atoms with Crippen LogP contribution < -0.4 is 0 Å². The van der Waals surface area contributed by atoms with Crippen molar-refractivity contribution in [2.45, 2.75) is 25.8 Å². The van der Waals surface area contributed by atoms with Gasteiger partial charge in [0.15, 0.2) is 5.15 Å². The van der Waals surface area contributed by atoms with Crippen LogP contribution >= 0.6 is 11.6 Å². The lowest BCUT2D eigenvalue weighted by Gasteiger charge is -2.25. The van der Waals surface area contributed by atoms with E-state index in [9.17, 15) is 0 Å². The molecule has 0 N–H and O–H groups in total. The molecule has 0 bridgehead atoms. The summed E-state index contributed by atoms with van der Waals surface area (Å²) in [5.74, 6) is 0. The van der Waals surface area contributed by atoms with Crippen LogP contribution in [-0.2, 0) is 6.54 Å². The van der Waals surface area contributed by atoms with E-state index in [1.165, 1.54) is 32.4 Å². The Bertz CT molecular complexity index is 280. The van der Waals surface area contributed by atoms with Gasteiger partial charge in [-0.3, -0.25) is 4.90 Å². The van der Waals surface area contributed by atoms with Gasteiger partial charge in [-0.05, 0) is 38.1 Å². The maximum atomic E-state index is 5.67. The number of hydrogen-bond donors (Lipinski definition) is 0. The van der Waals surface area contributed by atoms with Gasteiger partial charge in [-0.15, -0.1) is 5.10 Å². The number of aromatic nitrogens is 2. The normalized spacial score (nSPS) is 18.4. The van der Waals surface area contributed by atoms with Crippen molar-refractivity contribution in [1.29, 1.82) is 0 Å². The molecule has 1 aromatic heterocycles. The molecule has 0 aromatic carbocycles. The average molecular weight is 212 g/mol. The Morgan fingerprint density at radius 3 is 2.57 bits per heavy atom. The minimum Gasteiger partial charge on any atom is -0.297 e. The van der Waals surface area contributed by atoms with Gasteiger partial charge in [0.05, 0.1) is 5.69 Å². The van der Waals surface area contributed by atoms with Crippen molar-refractivity contribution in [3.8, 4) is 0 Å². The number of rotatable bonds is 2. The second kappa shape index (κ2) is 4.71. The van der Waals surface area contributed by atoms with Crippen molar-refractivity contribution in [3.05, 3.63) is 23.0 Å². The van der Waals surface area contributed by atoms with E-state index in [4.69, 9.17) is 11.6 Å². The van der Waals surface area contributed by atoms with E-state index in [0.717, 1.165) is 12.2 Å². The number of halogens is 1. The van der Waals surface area contributed by atoms with Gasteiger partial charge in [-0.2, -0.15) is 5.10 Å². The molecule has 14 heavy (non-hydrogen) atoms. The average Bonchev–Trinajstić information content (AvgIpc) is 2.23. The van der Waals surface area contributed by atoms with Crippen LogP contribution in [0.2, 0.25) is 5.15 Å². The summed E-state index contributed by atoms with van der Waals surface area (Å²) in [4.78, 5) is 2.42. The van der Waals surface area contributed by atoms with Gasteiger partial charge >= 0.3 is 0 Å². The molecule has 0 atom stereocenters. The van der Waals surface area contributed by atoms with Crippen LogP contribution in [-0.4, -0.2) is 28.2 Å². The van der Waals surface area contributed by atoms with Gasteiger partial charge in [-0.25, -0.2) is 0 Å². The van der Waals surface area contributed by atoms with Crippen LogP contribution in [0.15, 0.2) is 12.1 Å². The first kappa shape index (κ1) is 9.87. The predicted octanol–water partition coefficient (Wildman–Crippen LogP) is 2.12. The molecule has 3 nitrogen and oxygen atoms in total. The van der Waals surface area contributed by atoms with E-state index in [1.54, 1.807) is 6.07 Å². The molecule has 0 saturated carbocycles.